The number of nitrogens with one attached hydrogen (secondary N) is 1. The fourth-order valence-electron chi connectivity index (χ4n) is 2.76. The number of hydrogen-bond donors (Lipinski definition) is 1. The monoisotopic (exact) mass is 345 g/mol. The molecule has 1 aliphatic rings. The molecule has 0 aromatic carbocycles. The molecule has 22 heavy (non-hydrogen) atoms. The van der Waals surface area contributed by atoms with Crippen LogP contribution in [0.15, 0.2) is 16.3 Å². The Bertz CT molecular complexity index is 575. The molecule has 0 bridgehead atoms. The van der Waals surface area contributed by atoms with Gasteiger partial charge in [-0.1, -0.05) is 13.8 Å². The third kappa shape index (κ3) is 4.52. The molecule has 1 atom stereocenters. The van der Waals surface area contributed by atoms with Crippen LogP contribution in [-0.2, 0) is 10.0 Å². The van der Waals surface area contributed by atoms with Crippen molar-refractivity contribution in [1.82, 2.24) is 14.5 Å². The van der Waals surface area contributed by atoms with Crippen molar-refractivity contribution in [3.05, 3.63) is 17.0 Å². The first kappa shape index (κ1) is 17.9. The minimum atomic E-state index is -3.39. The highest BCUT2D eigenvalue weighted by Gasteiger charge is 2.27. The normalized spacial score (nSPS) is 19.7. The van der Waals surface area contributed by atoms with Crippen LogP contribution in [0.25, 0.3) is 0 Å². The first-order valence-electron chi connectivity index (χ1n) is 7.78. The van der Waals surface area contributed by atoms with Crippen molar-refractivity contribution in [3.63, 3.8) is 0 Å². The fraction of sp³-hybridized carbons (Fsp3) is 0.733. The number of sulfonamides is 1. The van der Waals surface area contributed by atoms with Gasteiger partial charge in [0.15, 0.2) is 0 Å². The maximum absolute atomic E-state index is 12.4. The molecular formula is C15H27N3O2S2. The van der Waals surface area contributed by atoms with Crippen molar-refractivity contribution in [3.8, 4) is 0 Å². The predicted molar refractivity (Wildman–Crippen MR) is 91.9 cm³/mol. The van der Waals surface area contributed by atoms with Gasteiger partial charge in [-0.25, -0.2) is 13.1 Å². The summed E-state index contributed by atoms with van der Waals surface area (Å²) >= 11 is 1.32. The van der Waals surface area contributed by atoms with E-state index >= 15 is 0 Å². The summed E-state index contributed by atoms with van der Waals surface area (Å²) in [5.74, 6) is 0.413. The Labute approximate surface area is 138 Å². The van der Waals surface area contributed by atoms with Crippen LogP contribution >= 0.6 is 11.3 Å². The lowest BCUT2D eigenvalue weighted by molar-refractivity contribution is 0.0905. The van der Waals surface area contributed by atoms with Gasteiger partial charge in [-0.2, -0.15) is 0 Å². The highest BCUT2D eigenvalue weighted by molar-refractivity contribution is 7.91. The van der Waals surface area contributed by atoms with E-state index in [0.717, 1.165) is 31.1 Å². The van der Waals surface area contributed by atoms with Gasteiger partial charge >= 0.3 is 0 Å². The lowest BCUT2D eigenvalue weighted by atomic mass is 10.0. The summed E-state index contributed by atoms with van der Waals surface area (Å²) in [7, 11) is -1.26. The molecule has 1 aromatic rings. The van der Waals surface area contributed by atoms with Crippen molar-refractivity contribution < 1.29 is 8.42 Å². The molecule has 0 unspecified atom stereocenters. The van der Waals surface area contributed by atoms with Gasteiger partial charge in [0.2, 0.25) is 10.0 Å². The van der Waals surface area contributed by atoms with Gasteiger partial charge in [0.1, 0.15) is 4.21 Å². The number of aryl methyl sites for hydroxylation is 1. The average molecular weight is 346 g/mol. The molecule has 0 aliphatic carbocycles. The van der Waals surface area contributed by atoms with Crippen LogP contribution in [0.4, 0.5) is 0 Å². The summed E-state index contributed by atoms with van der Waals surface area (Å²) in [6, 6.07) is 3.77. The predicted octanol–water partition coefficient (Wildman–Crippen LogP) is 1.61. The van der Waals surface area contributed by atoms with E-state index in [0.29, 0.717) is 16.7 Å². The molecule has 1 aliphatic heterocycles. The Kier molecular flexibility index (Phi) is 6.01. The Morgan fingerprint density at radius 3 is 2.36 bits per heavy atom. The highest BCUT2D eigenvalue weighted by Crippen LogP contribution is 2.21. The zero-order chi connectivity index (χ0) is 16.3. The summed E-state index contributed by atoms with van der Waals surface area (Å²) in [4.78, 5) is 5.74. The van der Waals surface area contributed by atoms with Crippen molar-refractivity contribution in [1.29, 1.82) is 0 Å². The van der Waals surface area contributed by atoms with E-state index in [4.69, 9.17) is 0 Å². The molecule has 126 valence electrons. The van der Waals surface area contributed by atoms with Crippen LogP contribution < -0.4 is 4.72 Å². The van der Waals surface area contributed by atoms with E-state index in [1.807, 2.05) is 13.0 Å². The van der Waals surface area contributed by atoms with E-state index in [-0.39, 0.29) is 6.04 Å². The number of rotatable bonds is 6. The van der Waals surface area contributed by atoms with Crippen molar-refractivity contribution in [2.75, 3.05) is 39.8 Å². The summed E-state index contributed by atoms with van der Waals surface area (Å²) in [5, 5.41) is 0. The first-order valence-corrected chi connectivity index (χ1v) is 10.1. The lowest BCUT2D eigenvalue weighted by Gasteiger charge is -2.39. The quantitative estimate of drug-likeness (QED) is 0.851. The number of nitrogens with zero attached hydrogens (tertiary/aromatic N) is 2. The molecule has 2 heterocycles. The molecule has 0 radical (unpaired) electrons. The second kappa shape index (κ2) is 7.40. The van der Waals surface area contributed by atoms with Crippen LogP contribution in [0.1, 0.15) is 18.7 Å². The van der Waals surface area contributed by atoms with Gasteiger partial charge in [-0.05, 0) is 32.0 Å². The zero-order valence-electron chi connectivity index (χ0n) is 13.9. The van der Waals surface area contributed by atoms with E-state index in [1.54, 1.807) is 6.07 Å². The van der Waals surface area contributed by atoms with Crippen molar-refractivity contribution >= 4 is 21.4 Å². The van der Waals surface area contributed by atoms with Gasteiger partial charge in [0.05, 0.1) is 0 Å². The second-order valence-corrected chi connectivity index (χ2v) is 9.65. The second-order valence-electron chi connectivity index (χ2n) is 6.37. The Hall–Kier alpha value is -0.470. The minimum Gasteiger partial charge on any atom is -0.304 e. The average Bonchev–Trinajstić information content (AvgIpc) is 2.88. The molecule has 5 nitrogen and oxygen atoms in total. The molecule has 2 rings (SSSR count). The van der Waals surface area contributed by atoms with Gasteiger partial charge in [-0.3, -0.25) is 4.90 Å². The maximum Gasteiger partial charge on any atom is 0.250 e. The summed E-state index contributed by atoms with van der Waals surface area (Å²) in [6.07, 6.45) is 0. The standard InChI is InChI=1S/C15H27N3O2S2/c1-12(2)14(18-9-7-17(4)8-10-18)11-16-22(19,20)15-6-5-13(3)21-15/h5-6,12,14,16H,7-11H2,1-4H3/t14-/m0/s1. The number of piperazine rings is 1. The number of likely N-dealkylation sites (N-methyl/N-ethyl adjacent to an activating group) is 1. The van der Waals surface area contributed by atoms with Crippen LogP contribution in [0.3, 0.4) is 0 Å². The van der Waals surface area contributed by atoms with E-state index in [2.05, 4.69) is 35.4 Å². The summed E-state index contributed by atoms with van der Waals surface area (Å²) in [5.41, 5.74) is 0. The Morgan fingerprint density at radius 2 is 1.86 bits per heavy atom. The lowest BCUT2D eigenvalue weighted by Crippen LogP contribution is -2.54. The molecule has 0 spiro atoms. The van der Waals surface area contributed by atoms with Gasteiger partial charge in [-0.15, -0.1) is 11.3 Å². The zero-order valence-corrected chi connectivity index (χ0v) is 15.5. The molecule has 0 saturated carbocycles. The molecule has 0 amide bonds. The van der Waals surface area contributed by atoms with Crippen LogP contribution in [0, 0.1) is 12.8 Å². The van der Waals surface area contributed by atoms with E-state index in [9.17, 15) is 8.42 Å². The third-order valence-corrected chi connectivity index (χ3v) is 7.16. The topological polar surface area (TPSA) is 52.7 Å². The van der Waals surface area contributed by atoms with E-state index < -0.39 is 10.0 Å². The van der Waals surface area contributed by atoms with Crippen molar-refractivity contribution in [2.24, 2.45) is 5.92 Å². The SMILES string of the molecule is Cc1ccc(S(=O)(=O)NC[C@@H](C(C)C)N2CCN(C)CC2)s1. The molecular weight excluding hydrogens is 318 g/mol. The van der Waals surface area contributed by atoms with Crippen LogP contribution in [0.5, 0.6) is 0 Å². The highest BCUT2D eigenvalue weighted by atomic mass is 32.2. The Balaban J connectivity index is 2.00. The number of hydrogen-bond acceptors (Lipinski definition) is 5. The summed E-state index contributed by atoms with van der Waals surface area (Å²) in [6.45, 7) is 10.8. The number of thiophene rings is 1. The molecule has 1 N–H and O–H groups in total. The Morgan fingerprint density at radius 1 is 1.23 bits per heavy atom. The molecule has 1 fully saturated rings. The molecule has 1 aromatic heterocycles. The van der Waals surface area contributed by atoms with E-state index in [1.165, 1.54) is 11.3 Å². The fourth-order valence-corrected chi connectivity index (χ4v) is 5.14. The molecule has 1 saturated heterocycles. The van der Waals surface area contributed by atoms with Crippen molar-refractivity contribution in [2.45, 2.75) is 31.0 Å². The summed E-state index contributed by atoms with van der Waals surface area (Å²) < 4.78 is 28.0. The first-order chi connectivity index (χ1) is 10.3. The molecule has 7 heteroatoms. The van der Waals surface area contributed by atoms with Gasteiger partial charge < -0.3 is 4.90 Å². The van der Waals surface area contributed by atoms with Gasteiger partial charge in [0, 0.05) is 43.6 Å². The van der Waals surface area contributed by atoms with Crippen LogP contribution in [-0.4, -0.2) is 64.0 Å². The third-order valence-electron chi connectivity index (χ3n) is 4.24. The largest absolute Gasteiger partial charge is 0.304 e. The maximum atomic E-state index is 12.4. The van der Waals surface area contributed by atoms with Crippen LogP contribution in [0.2, 0.25) is 0 Å². The minimum absolute atomic E-state index is 0.240. The van der Waals surface area contributed by atoms with Gasteiger partial charge in [0.25, 0.3) is 0 Å². The smallest absolute Gasteiger partial charge is 0.250 e.